The van der Waals surface area contributed by atoms with Gasteiger partial charge in [-0.25, -0.2) is 4.79 Å². The highest BCUT2D eigenvalue weighted by Gasteiger charge is 2.23. The first-order valence-electron chi connectivity index (χ1n) is 8.88. The molecule has 0 saturated carbocycles. The van der Waals surface area contributed by atoms with Gasteiger partial charge in [0.15, 0.2) is 23.9 Å². The van der Waals surface area contributed by atoms with E-state index in [1.54, 1.807) is 24.3 Å². The van der Waals surface area contributed by atoms with Crippen LogP contribution in [0.2, 0.25) is 0 Å². The van der Waals surface area contributed by atoms with E-state index in [0.717, 1.165) is 21.8 Å². The lowest BCUT2D eigenvalue weighted by atomic mass is 10.1. The molecular weight excluding hydrogens is 392 g/mol. The molecule has 0 aliphatic carbocycles. The van der Waals surface area contributed by atoms with Crippen LogP contribution in [0.4, 0.5) is 0 Å². The quantitative estimate of drug-likeness (QED) is 0.444. The zero-order valence-corrected chi connectivity index (χ0v) is 16.7. The Morgan fingerprint density at radius 3 is 2.62 bits per heavy atom. The predicted octanol–water partition coefficient (Wildman–Crippen LogP) is 4.36. The number of hydrogen-bond acceptors (Lipinski definition) is 7. The Kier molecular flexibility index (Phi) is 5.22. The second-order valence-corrected chi connectivity index (χ2v) is 7.37. The average molecular weight is 410 g/mol. The SMILES string of the molecule is COc1ccc(C(=O)COC(=O)c2cc3c(s2)-c2ccccc2OC3)cc1OC. The molecule has 148 valence electrons. The molecule has 0 unspecified atom stereocenters. The maximum Gasteiger partial charge on any atom is 0.348 e. The minimum Gasteiger partial charge on any atom is -0.493 e. The molecule has 29 heavy (non-hydrogen) atoms. The number of rotatable bonds is 6. The topological polar surface area (TPSA) is 71.1 Å². The predicted molar refractivity (Wildman–Crippen MR) is 108 cm³/mol. The van der Waals surface area contributed by atoms with Crippen LogP contribution in [-0.4, -0.2) is 32.6 Å². The summed E-state index contributed by atoms with van der Waals surface area (Å²) in [6, 6.07) is 14.3. The van der Waals surface area contributed by atoms with Crippen molar-refractivity contribution in [3.05, 3.63) is 64.5 Å². The van der Waals surface area contributed by atoms with Crippen molar-refractivity contribution in [2.75, 3.05) is 20.8 Å². The third kappa shape index (κ3) is 3.69. The lowest BCUT2D eigenvalue weighted by molar-refractivity contribution is 0.0479. The molecule has 7 heteroatoms. The van der Waals surface area contributed by atoms with Gasteiger partial charge in [-0.05, 0) is 36.4 Å². The third-order valence-corrected chi connectivity index (χ3v) is 5.76. The standard InChI is InChI=1S/C22H18O6S/c1-25-18-8-7-13(9-19(18)26-2)16(23)12-28-22(24)20-10-14-11-27-17-6-4-3-5-15(17)21(14)29-20/h3-10H,11-12H2,1-2H3. The number of benzene rings is 2. The van der Waals surface area contributed by atoms with Crippen molar-refractivity contribution >= 4 is 23.1 Å². The van der Waals surface area contributed by atoms with Crippen LogP contribution >= 0.6 is 11.3 Å². The van der Waals surface area contributed by atoms with Gasteiger partial charge in [-0.15, -0.1) is 11.3 Å². The summed E-state index contributed by atoms with van der Waals surface area (Å²) in [5.74, 6) is 0.900. The maximum atomic E-state index is 12.5. The Bertz CT molecular complexity index is 1080. The molecule has 2 aromatic carbocycles. The summed E-state index contributed by atoms with van der Waals surface area (Å²) in [6.07, 6.45) is 0. The molecule has 0 saturated heterocycles. The molecule has 0 radical (unpaired) electrons. The van der Waals surface area contributed by atoms with Gasteiger partial charge in [-0.3, -0.25) is 4.79 Å². The van der Waals surface area contributed by atoms with E-state index in [4.69, 9.17) is 18.9 Å². The maximum absolute atomic E-state index is 12.5. The second kappa shape index (κ2) is 7.97. The molecule has 1 aliphatic heterocycles. The molecule has 0 fully saturated rings. The number of esters is 1. The lowest BCUT2D eigenvalue weighted by Gasteiger charge is -2.16. The van der Waals surface area contributed by atoms with Crippen molar-refractivity contribution in [2.24, 2.45) is 0 Å². The van der Waals surface area contributed by atoms with Crippen LogP contribution in [-0.2, 0) is 11.3 Å². The molecule has 0 spiro atoms. The van der Waals surface area contributed by atoms with Crippen LogP contribution in [0.25, 0.3) is 10.4 Å². The molecule has 0 atom stereocenters. The number of thiophene rings is 1. The summed E-state index contributed by atoms with van der Waals surface area (Å²) in [7, 11) is 3.01. The van der Waals surface area contributed by atoms with Crippen molar-refractivity contribution in [1.82, 2.24) is 0 Å². The minimum absolute atomic E-state index is 0.325. The first-order chi connectivity index (χ1) is 14.1. The lowest BCUT2D eigenvalue weighted by Crippen LogP contribution is -2.13. The zero-order chi connectivity index (χ0) is 20.4. The van der Waals surface area contributed by atoms with E-state index >= 15 is 0 Å². The highest BCUT2D eigenvalue weighted by molar-refractivity contribution is 7.17. The number of carbonyl (C=O) groups excluding carboxylic acids is 2. The molecule has 4 rings (SSSR count). The van der Waals surface area contributed by atoms with E-state index in [1.165, 1.54) is 25.6 Å². The number of methoxy groups -OCH3 is 2. The second-order valence-electron chi connectivity index (χ2n) is 6.32. The van der Waals surface area contributed by atoms with E-state index in [1.807, 2.05) is 24.3 Å². The summed E-state index contributed by atoms with van der Waals surface area (Å²) < 4.78 is 21.3. The Balaban J connectivity index is 1.46. The highest BCUT2D eigenvalue weighted by Crippen LogP contribution is 2.42. The minimum atomic E-state index is -0.532. The smallest absolute Gasteiger partial charge is 0.348 e. The van der Waals surface area contributed by atoms with Gasteiger partial charge in [-0.1, -0.05) is 12.1 Å². The molecule has 0 amide bonds. The van der Waals surface area contributed by atoms with E-state index in [9.17, 15) is 9.59 Å². The highest BCUT2D eigenvalue weighted by atomic mass is 32.1. The number of ketones is 1. The molecule has 1 aliphatic rings. The number of ether oxygens (including phenoxy) is 4. The molecule has 1 aromatic heterocycles. The summed E-state index contributed by atoms with van der Waals surface area (Å²) >= 11 is 1.34. The normalized spacial score (nSPS) is 11.7. The van der Waals surface area contributed by atoms with Crippen molar-refractivity contribution in [3.63, 3.8) is 0 Å². The van der Waals surface area contributed by atoms with Crippen LogP contribution < -0.4 is 14.2 Å². The Morgan fingerprint density at radius 1 is 1.03 bits per heavy atom. The van der Waals surface area contributed by atoms with Gasteiger partial charge in [0, 0.05) is 21.6 Å². The van der Waals surface area contributed by atoms with Crippen molar-refractivity contribution in [1.29, 1.82) is 0 Å². The summed E-state index contributed by atoms with van der Waals surface area (Å²) in [6.45, 7) is 0.0463. The summed E-state index contributed by atoms with van der Waals surface area (Å²) in [4.78, 5) is 26.3. The van der Waals surface area contributed by atoms with E-state index in [-0.39, 0.29) is 12.4 Å². The number of fused-ring (bicyclic) bond motifs is 3. The summed E-state index contributed by atoms with van der Waals surface area (Å²) in [5, 5.41) is 0. The number of carbonyl (C=O) groups is 2. The Morgan fingerprint density at radius 2 is 1.83 bits per heavy atom. The number of hydrogen-bond donors (Lipinski definition) is 0. The first kappa shape index (κ1) is 19.0. The average Bonchev–Trinajstić information content (AvgIpc) is 3.21. The first-order valence-corrected chi connectivity index (χ1v) is 9.69. The molecule has 0 bridgehead atoms. The van der Waals surface area contributed by atoms with Gasteiger partial charge < -0.3 is 18.9 Å². The van der Waals surface area contributed by atoms with Gasteiger partial charge in [-0.2, -0.15) is 0 Å². The summed E-state index contributed by atoms with van der Waals surface area (Å²) in [5.41, 5.74) is 2.27. The van der Waals surface area contributed by atoms with Gasteiger partial charge in [0.05, 0.1) is 14.2 Å². The van der Waals surface area contributed by atoms with Gasteiger partial charge in [0.2, 0.25) is 0 Å². The van der Waals surface area contributed by atoms with Crippen LogP contribution in [0.1, 0.15) is 25.6 Å². The van der Waals surface area contributed by atoms with E-state index in [2.05, 4.69) is 0 Å². The van der Waals surface area contributed by atoms with Gasteiger partial charge in [0.25, 0.3) is 0 Å². The van der Waals surface area contributed by atoms with E-state index in [0.29, 0.717) is 28.5 Å². The third-order valence-electron chi connectivity index (χ3n) is 4.56. The molecular formula is C22H18O6S. The Labute approximate surface area is 171 Å². The fourth-order valence-corrected chi connectivity index (χ4v) is 4.19. The van der Waals surface area contributed by atoms with Crippen LogP contribution in [0.3, 0.4) is 0 Å². The van der Waals surface area contributed by atoms with Crippen molar-refractivity contribution in [3.8, 4) is 27.7 Å². The van der Waals surface area contributed by atoms with Crippen LogP contribution in [0.15, 0.2) is 48.5 Å². The van der Waals surface area contributed by atoms with Crippen molar-refractivity contribution < 1.29 is 28.5 Å². The largest absolute Gasteiger partial charge is 0.493 e. The number of para-hydroxylation sites is 1. The van der Waals surface area contributed by atoms with Gasteiger partial charge >= 0.3 is 5.97 Å². The fourth-order valence-electron chi connectivity index (χ4n) is 3.10. The molecule has 6 nitrogen and oxygen atoms in total. The molecule has 2 heterocycles. The fraction of sp³-hybridized carbons (Fsp3) is 0.182. The van der Waals surface area contributed by atoms with Crippen LogP contribution in [0.5, 0.6) is 17.2 Å². The van der Waals surface area contributed by atoms with Gasteiger partial charge in [0.1, 0.15) is 17.2 Å². The molecule has 0 N–H and O–H groups in total. The number of Topliss-reactive ketones (excluding diaryl/α,β-unsaturated/α-hetero) is 1. The van der Waals surface area contributed by atoms with Crippen molar-refractivity contribution in [2.45, 2.75) is 6.61 Å². The Hall–Kier alpha value is -3.32. The molecule has 3 aromatic rings. The van der Waals surface area contributed by atoms with E-state index < -0.39 is 5.97 Å². The van der Waals surface area contributed by atoms with Crippen LogP contribution in [0, 0.1) is 0 Å². The zero-order valence-electron chi connectivity index (χ0n) is 15.9. The monoisotopic (exact) mass is 410 g/mol.